The van der Waals surface area contributed by atoms with Crippen molar-refractivity contribution in [1.82, 2.24) is 4.90 Å². The minimum Gasteiger partial charge on any atom is -0.481 e. The quantitative estimate of drug-likeness (QED) is 0.924. The summed E-state index contributed by atoms with van der Waals surface area (Å²) >= 11 is 0. The fourth-order valence-electron chi connectivity index (χ4n) is 3.27. The number of aliphatic carboxylic acids is 1. The predicted octanol–water partition coefficient (Wildman–Crippen LogP) is 2.37. The van der Waals surface area contributed by atoms with Crippen molar-refractivity contribution in [3.05, 3.63) is 35.6 Å². The topological polar surface area (TPSA) is 66.8 Å². The molecular weight excluding hydrogens is 301 g/mol. The van der Waals surface area contributed by atoms with Crippen LogP contribution in [0.2, 0.25) is 0 Å². The van der Waals surface area contributed by atoms with Crippen LogP contribution in [0.4, 0.5) is 4.39 Å². The summed E-state index contributed by atoms with van der Waals surface area (Å²) < 4.78 is 19.5. The molecule has 1 heterocycles. The minimum absolute atomic E-state index is 0.0202. The van der Waals surface area contributed by atoms with Gasteiger partial charge in [0.15, 0.2) is 0 Å². The predicted molar refractivity (Wildman–Crippen MR) is 80.2 cm³/mol. The second-order valence-electron chi connectivity index (χ2n) is 6.34. The van der Waals surface area contributed by atoms with E-state index in [9.17, 15) is 19.1 Å². The third-order valence-corrected chi connectivity index (χ3v) is 4.93. The molecule has 1 aromatic carbocycles. The highest BCUT2D eigenvalue weighted by atomic mass is 19.1. The van der Waals surface area contributed by atoms with Crippen molar-refractivity contribution in [3.8, 4) is 0 Å². The standard InChI is InChI=1S/C17H20FNO4/c18-13-5-2-1-4-12(13)14-11-19(8-9-23-14)15(20)10-17(16(21)22)6-3-7-17/h1-2,4-5,14H,3,6-11H2,(H,21,22). The number of nitrogens with zero attached hydrogens (tertiary/aromatic N) is 1. The summed E-state index contributed by atoms with van der Waals surface area (Å²) in [6.07, 6.45) is 1.47. The molecule has 1 aliphatic carbocycles. The Hall–Kier alpha value is -1.95. The first kappa shape index (κ1) is 15.9. The molecule has 124 valence electrons. The van der Waals surface area contributed by atoms with E-state index in [0.29, 0.717) is 31.6 Å². The van der Waals surface area contributed by atoms with Crippen LogP contribution >= 0.6 is 0 Å². The first-order valence-corrected chi connectivity index (χ1v) is 7.89. The molecule has 1 aromatic rings. The number of carbonyl (C=O) groups excluding carboxylic acids is 1. The summed E-state index contributed by atoms with van der Waals surface area (Å²) in [6.45, 7) is 1.000. The summed E-state index contributed by atoms with van der Waals surface area (Å²) in [5.41, 5.74) is -0.468. The molecule has 0 spiro atoms. The number of halogens is 1. The van der Waals surface area contributed by atoms with Gasteiger partial charge in [0.1, 0.15) is 11.9 Å². The average Bonchev–Trinajstić information content (AvgIpc) is 2.51. The van der Waals surface area contributed by atoms with Gasteiger partial charge < -0.3 is 14.7 Å². The van der Waals surface area contributed by atoms with Crippen molar-refractivity contribution in [3.63, 3.8) is 0 Å². The zero-order valence-electron chi connectivity index (χ0n) is 12.8. The largest absolute Gasteiger partial charge is 0.481 e. The van der Waals surface area contributed by atoms with E-state index in [-0.39, 0.29) is 24.7 Å². The minimum atomic E-state index is -0.900. The van der Waals surface area contributed by atoms with Crippen molar-refractivity contribution in [1.29, 1.82) is 0 Å². The van der Waals surface area contributed by atoms with Gasteiger partial charge in [0.25, 0.3) is 0 Å². The summed E-state index contributed by atoms with van der Waals surface area (Å²) in [4.78, 5) is 25.5. The molecule has 1 amide bonds. The van der Waals surface area contributed by atoms with Gasteiger partial charge in [0.2, 0.25) is 5.91 Å². The fourth-order valence-corrected chi connectivity index (χ4v) is 3.27. The van der Waals surface area contributed by atoms with Crippen LogP contribution in [0.1, 0.15) is 37.4 Å². The normalized spacial score (nSPS) is 23.2. The Morgan fingerprint density at radius 2 is 2.09 bits per heavy atom. The lowest BCUT2D eigenvalue weighted by atomic mass is 9.66. The number of rotatable bonds is 4. The third-order valence-electron chi connectivity index (χ3n) is 4.93. The lowest BCUT2D eigenvalue weighted by molar-refractivity contribution is -0.161. The Bertz CT molecular complexity index is 614. The summed E-state index contributed by atoms with van der Waals surface area (Å²) in [5.74, 6) is -1.43. The summed E-state index contributed by atoms with van der Waals surface area (Å²) in [5, 5.41) is 9.35. The van der Waals surface area contributed by atoms with Crippen molar-refractivity contribution < 1.29 is 23.8 Å². The van der Waals surface area contributed by atoms with Crippen LogP contribution in [0, 0.1) is 11.2 Å². The second kappa shape index (κ2) is 6.28. The number of amides is 1. The van der Waals surface area contributed by atoms with Crippen molar-refractivity contribution in [2.24, 2.45) is 5.41 Å². The Balaban J connectivity index is 1.68. The molecule has 0 radical (unpaired) electrons. The molecule has 3 rings (SSSR count). The summed E-state index contributed by atoms with van der Waals surface area (Å²) in [6, 6.07) is 6.36. The van der Waals surface area contributed by atoms with Crippen molar-refractivity contribution in [2.45, 2.75) is 31.8 Å². The molecule has 2 fully saturated rings. The van der Waals surface area contributed by atoms with Crippen LogP contribution in [0.5, 0.6) is 0 Å². The van der Waals surface area contributed by atoms with E-state index in [1.165, 1.54) is 6.07 Å². The molecule has 1 saturated heterocycles. The van der Waals surface area contributed by atoms with E-state index in [4.69, 9.17) is 4.74 Å². The molecule has 0 aromatic heterocycles. The second-order valence-corrected chi connectivity index (χ2v) is 6.34. The number of hydrogen-bond donors (Lipinski definition) is 1. The third kappa shape index (κ3) is 3.08. The molecular formula is C17H20FNO4. The van der Waals surface area contributed by atoms with Gasteiger partial charge in [0.05, 0.1) is 18.6 Å². The number of carboxylic acids is 1. The van der Waals surface area contributed by atoms with Gasteiger partial charge in [-0.1, -0.05) is 24.6 Å². The van der Waals surface area contributed by atoms with Gasteiger partial charge in [-0.25, -0.2) is 4.39 Å². The highest BCUT2D eigenvalue weighted by molar-refractivity contribution is 5.85. The number of carbonyl (C=O) groups is 2. The van der Waals surface area contributed by atoms with Gasteiger partial charge in [-0.2, -0.15) is 0 Å². The molecule has 0 bridgehead atoms. The maximum Gasteiger partial charge on any atom is 0.310 e. The van der Waals surface area contributed by atoms with E-state index in [1.54, 1.807) is 23.1 Å². The fraction of sp³-hybridized carbons (Fsp3) is 0.529. The Labute approximate surface area is 134 Å². The van der Waals surface area contributed by atoms with E-state index in [2.05, 4.69) is 0 Å². The molecule has 1 aliphatic heterocycles. The monoisotopic (exact) mass is 321 g/mol. The highest BCUT2D eigenvalue weighted by Crippen LogP contribution is 2.44. The first-order valence-electron chi connectivity index (χ1n) is 7.89. The molecule has 1 N–H and O–H groups in total. The van der Waals surface area contributed by atoms with Gasteiger partial charge in [-0.15, -0.1) is 0 Å². The van der Waals surface area contributed by atoms with Crippen molar-refractivity contribution >= 4 is 11.9 Å². The lowest BCUT2D eigenvalue weighted by Gasteiger charge is -2.40. The van der Waals surface area contributed by atoms with Gasteiger partial charge in [-0.05, 0) is 18.9 Å². The maximum atomic E-state index is 13.9. The SMILES string of the molecule is O=C(CC1(C(=O)O)CCC1)N1CCOC(c2ccccc2F)C1. The number of ether oxygens (including phenoxy) is 1. The van der Waals surface area contributed by atoms with Crippen LogP contribution in [-0.2, 0) is 14.3 Å². The highest BCUT2D eigenvalue weighted by Gasteiger charge is 2.47. The number of hydrogen-bond acceptors (Lipinski definition) is 3. The number of carboxylic acid groups (broad SMARTS) is 1. The number of benzene rings is 1. The zero-order chi connectivity index (χ0) is 16.4. The van der Waals surface area contributed by atoms with Crippen molar-refractivity contribution in [2.75, 3.05) is 19.7 Å². The van der Waals surface area contributed by atoms with Crippen LogP contribution in [0.15, 0.2) is 24.3 Å². The van der Waals surface area contributed by atoms with Gasteiger partial charge >= 0.3 is 5.97 Å². The van der Waals surface area contributed by atoms with Gasteiger partial charge in [0, 0.05) is 18.5 Å². The Morgan fingerprint density at radius 1 is 1.35 bits per heavy atom. The maximum absolute atomic E-state index is 13.9. The van der Waals surface area contributed by atoms with Crippen LogP contribution in [0.3, 0.4) is 0 Å². The average molecular weight is 321 g/mol. The molecule has 23 heavy (non-hydrogen) atoms. The smallest absolute Gasteiger partial charge is 0.310 e. The Kier molecular flexibility index (Phi) is 4.35. The molecule has 1 saturated carbocycles. The van der Waals surface area contributed by atoms with Crippen LogP contribution in [-0.4, -0.2) is 41.6 Å². The van der Waals surface area contributed by atoms with Crippen LogP contribution < -0.4 is 0 Å². The number of morpholine rings is 1. The zero-order valence-corrected chi connectivity index (χ0v) is 12.8. The Morgan fingerprint density at radius 3 is 2.70 bits per heavy atom. The lowest BCUT2D eigenvalue weighted by Crippen LogP contribution is -2.47. The summed E-state index contributed by atoms with van der Waals surface area (Å²) in [7, 11) is 0. The van der Waals surface area contributed by atoms with E-state index < -0.39 is 17.5 Å². The molecule has 1 unspecified atom stereocenters. The van der Waals surface area contributed by atoms with E-state index in [1.807, 2.05) is 0 Å². The first-order chi connectivity index (χ1) is 11.0. The van der Waals surface area contributed by atoms with Gasteiger partial charge in [-0.3, -0.25) is 9.59 Å². The molecule has 1 atom stereocenters. The van der Waals surface area contributed by atoms with E-state index in [0.717, 1.165) is 6.42 Å². The molecule has 2 aliphatic rings. The van der Waals surface area contributed by atoms with Crippen LogP contribution in [0.25, 0.3) is 0 Å². The van der Waals surface area contributed by atoms with E-state index >= 15 is 0 Å². The molecule has 6 heteroatoms. The molecule has 5 nitrogen and oxygen atoms in total.